The number of rotatable bonds is 6. The minimum Gasteiger partial charge on any atom is -0.459 e. The molecule has 0 amide bonds. The van der Waals surface area contributed by atoms with Crippen molar-refractivity contribution in [3.63, 3.8) is 0 Å². The van der Waals surface area contributed by atoms with E-state index >= 15 is 0 Å². The molecular formula is C15H21IO2. The lowest BCUT2D eigenvalue weighted by Crippen LogP contribution is -2.31. The molecule has 2 nitrogen and oxygen atoms in total. The molecule has 18 heavy (non-hydrogen) atoms. The number of esters is 1. The zero-order chi connectivity index (χ0) is 13.6. The van der Waals surface area contributed by atoms with Gasteiger partial charge in [0, 0.05) is 0 Å². The normalized spacial score (nSPS) is 13.1. The van der Waals surface area contributed by atoms with E-state index in [0.717, 1.165) is 19.3 Å². The van der Waals surface area contributed by atoms with Gasteiger partial charge in [0.1, 0.15) is 9.53 Å². The van der Waals surface area contributed by atoms with Crippen LogP contribution in [0.2, 0.25) is 0 Å². The van der Waals surface area contributed by atoms with Gasteiger partial charge in [-0.1, -0.05) is 59.8 Å². The zero-order valence-electron chi connectivity index (χ0n) is 11.3. The van der Waals surface area contributed by atoms with Gasteiger partial charge >= 0.3 is 5.97 Å². The first-order valence-corrected chi connectivity index (χ1v) is 7.60. The second-order valence-corrected chi connectivity index (χ2v) is 6.53. The first-order valence-electron chi connectivity index (χ1n) is 6.35. The van der Waals surface area contributed by atoms with Gasteiger partial charge < -0.3 is 4.74 Å². The third-order valence-electron chi connectivity index (χ3n) is 3.01. The first kappa shape index (κ1) is 15.5. The largest absolute Gasteiger partial charge is 0.459 e. The second-order valence-electron chi connectivity index (χ2n) is 5.03. The van der Waals surface area contributed by atoms with Crippen molar-refractivity contribution in [2.45, 2.75) is 49.6 Å². The highest BCUT2D eigenvalue weighted by molar-refractivity contribution is 14.1. The van der Waals surface area contributed by atoms with Gasteiger partial charge in [-0.25, -0.2) is 0 Å². The number of carbonyl (C=O) groups excluding carboxylic acids is 1. The SMILES string of the molecule is CCC(C)(C)OC(=O)[C@@H](I)CCc1ccccc1. The average molecular weight is 360 g/mol. The third-order valence-corrected chi connectivity index (χ3v) is 4.14. The van der Waals surface area contributed by atoms with Crippen LogP contribution in [-0.4, -0.2) is 15.5 Å². The second kappa shape index (κ2) is 7.12. The minimum atomic E-state index is -0.354. The van der Waals surface area contributed by atoms with Gasteiger partial charge in [-0.05, 0) is 38.7 Å². The van der Waals surface area contributed by atoms with E-state index < -0.39 is 0 Å². The van der Waals surface area contributed by atoms with Crippen molar-refractivity contribution in [3.8, 4) is 0 Å². The minimum absolute atomic E-state index is 0.0753. The van der Waals surface area contributed by atoms with E-state index in [-0.39, 0.29) is 15.5 Å². The van der Waals surface area contributed by atoms with Gasteiger partial charge in [0.25, 0.3) is 0 Å². The molecule has 0 bridgehead atoms. The van der Waals surface area contributed by atoms with Crippen LogP contribution in [-0.2, 0) is 16.0 Å². The molecule has 0 fully saturated rings. The molecule has 0 saturated carbocycles. The molecule has 1 rings (SSSR count). The first-order chi connectivity index (χ1) is 8.44. The maximum absolute atomic E-state index is 11.9. The number of halogens is 1. The van der Waals surface area contributed by atoms with Crippen molar-refractivity contribution in [2.75, 3.05) is 0 Å². The fraction of sp³-hybridized carbons (Fsp3) is 0.533. The molecule has 3 heteroatoms. The summed E-state index contributed by atoms with van der Waals surface area (Å²) in [6.45, 7) is 5.93. The van der Waals surface area contributed by atoms with Crippen molar-refractivity contribution in [1.29, 1.82) is 0 Å². The van der Waals surface area contributed by atoms with Crippen LogP contribution in [0.5, 0.6) is 0 Å². The third kappa shape index (κ3) is 5.38. The van der Waals surface area contributed by atoms with Crippen molar-refractivity contribution in [2.24, 2.45) is 0 Å². The number of aryl methyl sites for hydroxylation is 1. The highest BCUT2D eigenvalue weighted by Gasteiger charge is 2.24. The molecule has 1 aromatic carbocycles. The fourth-order valence-corrected chi connectivity index (χ4v) is 1.90. The van der Waals surface area contributed by atoms with Crippen molar-refractivity contribution >= 4 is 28.6 Å². The quantitative estimate of drug-likeness (QED) is 0.433. The van der Waals surface area contributed by atoms with Crippen LogP contribution in [0, 0.1) is 0 Å². The Morgan fingerprint density at radius 1 is 1.33 bits per heavy atom. The Kier molecular flexibility index (Phi) is 6.12. The van der Waals surface area contributed by atoms with Crippen LogP contribution in [0.4, 0.5) is 0 Å². The summed E-state index contributed by atoms with van der Waals surface area (Å²) in [5.74, 6) is -0.0987. The summed E-state index contributed by atoms with van der Waals surface area (Å²) in [5, 5.41) is 0. The van der Waals surface area contributed by atoms with E-state index in [0.29, 0.717) is 0 Å². The summed E-state index contributed by atoms with van der Waals surface area (Å²) in [6, 6.07) is 10.2. The van der Waals surface area contributed by atoms with E-state index in [2.05, 4.69) is 34.7 Å². The summed E-state index contributed by atoms with van der Waals surface area (Å²) >= 11 is 2.18. The molecule has 0 radical (unpaired) electrons. The number of hydrogen-bond acceptors (Lipinski definition) is 2. The fourth-order valence-electron chi connectivity index (χ4n) is 1.46. The number of benzene rings is 1. The van der Waals surface area contributed by atoms with Gasteiger partial charge in [-0.15, -0.1) is 0 Å². The smallest absolute Gasteiger partial charge is 0.319 e. The number of carbonyl (C=O) groups is 1. The summed E-state index contributed by atoms with van der Waals surface area (Å²) in [5.41, 5.74) is 0.912. The number of alkyl halides is 1. The lowest BCUT2D eigenvalue weighted by molar-refractivity contribution is -0.155. The van der Waals surface area contributed by atoms with Crippen molar-refractivity contribution in [1.82, 2.24) is 0 Å². The highest BCUT2D eigenvalue weighted by atomic mass is 127. The predicted molar refractivity (Wildman–Crippen MR) is 83.0 cm³/mol. The van der Waals surface area contributed by atoms with E-state index in [1.54, 1.807) is 0 Å². The van der Waals surface area contributed by atoms with Crippen LogP contribution in [0.1, 0.15) is 39.2 Å². The molecule has 0 aromatic heterocycles. The summed E-state index contributed by atoms with van der Waals surface area (Å²) < 4.78 is 5.42. The lowest BCUT2D eigenvalue weighted by Gasteiger charge is -2.24. The Morgan fingerprint density at radius 3 is 2.50 bits per heavy atom. The van der Waals surface area contributed by atoms with E-state index in [1.807, 2.05) is 39.0 Å². The Morgan fingerprint density at radius 2 is 1.94 bits per heavy atom. The molecular weight excluding hydrogens is 339 g/mol. The topological polar surface area (TPSA) is 26.3 Å². The molecule has 0 saturated heterocycles. The van der Waals surface area contributed by atoms with Crippen LogP contribution < -0.4 is 0 Å². The van der Waals surface area contributed by atoms with E-state index in [1.165, 1.54) is 5.56 Å². The summed E-state index contributed by atoms with van der Waals surface area (Å²) in [6.07, 6.45) is 2.57. The average Bonchev–Trinajstić information content (AvgIpc) is 2.36. The summed E-state index contributed by atoms with van der Waals surface area (Å²) in [4.78, 5) is 11.9. The Hall–Kier alpha value is -0.580. The van der Waals surface area contributed by atoms with Gasteiger partial charge in [0.2, 0.25) is 0 Å². The molecule has 0 spiro atoms. The molecule has 0 N–H and O–H groups in total. The monoisotopic (exact) mass is 360 g/mol. The Bertz CT molecular complexity index is 373. The molecule has 100 valence electrons. The predicted octanol–water partition coefficient (Wildman–Crippen LogP) is 4.15. The summed E-state index contributed by atoms with van der Waals surface area (Å²) in [7, 11) is 0. The van der Waals surface area contributed by atoms with Crippen molar-refractivity contribution in [3.05, 3.63) is 35.9 Å². The van der Waals surface area contributed by atoms with Gasteiger partial charge in [-0.3, -0.25) is 4.79 Å². The maximum Gasteiger partial charge on any atom is 0.319 e. The van der Waals surface area contributed by atoms with Crippen LogP contribution in [0.15, 0.2) is 30.3 Å². The van der Waals surface area contributed by atoms with Gasteiger partial charge in [0.05, 0.1) is 0 Å². The van der Waals surface area contributed by atoms with Crippen LogP contribution >= 0.6 is 22.6 Å². The molecule has 0 aliphatic heterocycles. The molecule has 1 atom stereocenters. The van der Waals surface area contributed by atoms with Crippen LogP contribution in [0.25, 0.3) is 0 Å². The van der Waals surface area contributed by atoms with Gasteiger partial charge in [-0.2, -0.15) is 0 Å². The van der Waals surface area contributed by atoms with E-state index in [4.69, 9.17) is 4.74 Å². The van der Waals surface area contributed by atoms with E-state index in [9.17, 15) is 4.79 Å². The highest BCUT2D eigenvalue weighted by Crippen LogP contribution is 2.19. The number of ether oxygens (including phenoxy) is 1. The van der Waals surface area contributed by atoms with Gasteiger partial charge in [0.15, 0.2) is 0 Å². The standard InChI is InChI=1S/C15H21IO2/c1-4-15(2,3)18-14(17)13(16)11-10-12-8-6-5-7-9-12/h5-9,13H,4,10-11H2,1-3H3/t13-/m0/s1. The van der Waals surface area contributed by atoms with Crippen molar-refractivity contribution < 1.29 is 9.53 Å². The van der Waals surface area contributed by atoms with Crippen LogP contribution in [0.3, 0.4) is 0 Å². The molecule has 0 heterocycles. The lowest BCUT2D eigenvalue weighted by atomic mass is 10.1. The number of hydrogen-bond donors (Lipinski definition) is 0. The Balaban J connectivity index is 2.41. The molecule has 0 aliphatic carbocycles. The molecule has 0 unspecified atom stereocenters. The Labute approximate surface area is 123 Å². The zero-order valence-corrected chi connectivity index (χ0v) is 13.4. The molecule has 1 aromatic rings. The molecule has 0 aliphatic rings. The maximum atomic E-state index is 11.9.